The molecule has 0 unspecified atom stereocenters. The summed E-state index contributed by atoms with van der Waals surface area (Å²) in [4.78, 5) is 11.9. The van der Waals surface area contributed by atoms with Crippen molar-refractivity contribution in [2.75, 3.05) is 14.2 Å². The van der Waals surface area contributed by atoms with E-state index in [0.29, 0.717) is 22.6 Å². The van der Waals surface area contributed by atoms with Crippen LogP contribution in [0.1, 0.15) is 11.1 Å². The minimum absolute atomic E-state index is 0.130. The molecule has 120 valence electrons. The number of hydrogen-bond acceptors (Lipinski definition) is 3. The molecule has 2 rings (SSSR count). The first-order chi connectivity index (χ1) is 11.1. The second kappa shape index (κ2) is 7.98. The van der Waals surface area contributed by atoms with Gasteiger partial charge in [-0.3, -0.25) is 4.79 Å². The summed E-state index contributed by atoms with van der Waals surface area (Å²) in [6, 6.07) is 11.6. The summed E-state index contributed by atoms with van der Waals surface area (Å²) in [6.07, 6.45) is 3.00. The summed E-state index contributed by atoms with van der Waals surface area (Å²) >= 11 is 0. The Bertz CT molecular complexity index is 713. The molecule has 0 spiro atoms. The Hall–Kier alpha value is -2.82. The largest absolute Gasteiger partial charge is 0.497 e. The quantitative estimate of drug-likeness (QED) is 0.833. The van der Waals surface area contributed by atoms with Gasteiger partial charge in [-0.2, -0.15) is 0 Å². The molecular weight excluding hydrogens is 297 g/mol. The second-order valence-electron chi connectivity index (χ2n) is 4.75. The second-order valence-corrected chi connectivity index (χ2v) is 4.75. The van der Waals surface area contributed by atoms with E-state index in [1.165, 1.54) is 12.1 Å². The lowest BCUT2D eigenvalue weighted by Gasteiger charge is -2.07. The number of hydrogen-bond donors (Lipinski definition) is 1. The van der Waals surface area contributed by atoms with Crippen LogP contribution in [0.25, 0.3) is 6.08 Å². The molecule has 0 aliphatic carbocycles. The first-order valence-electron chi connectivity index (χ1n) is 7.05. The predicted octanol–water partition coefficient (Wildman–Crippen LogP) is 3.17. The SMILES string of the molecule is COc1ccc(OC)c(/C=C/C(=O)NCc2ccccc2F)c1. The van der Waals surface area contributed by atoms with Crippen LogP contribution in [0.4, 0.5) is 4.39 Å². The highest BCUT2D eigenvalue weighted by Crippen LogP contribution is 2.24. The highest BCUT2D eigenvalue weighted by atomic mass is 19.1. The Morgan fingerprint density at radius 1 is 1.17 bits per heavy atom. The van der Waals surface area contributed by atoms with Gasteiger partial charge in [0.05, 0.1) is 14.2 Å². The van der Waals surface area contributed by atoms with Crippen LogP contribution in [0.5, 0.6) is 11.5 Å². The molecule has 1 amide bonds. The van der Waals surface area contributed by atoms with E-state index in [1.807, 2.05) is 0 Å². The Labute approximate surface area is 134 Å². The van der Waals surface area contributed by atoms with Gasteiger partial charge in [-0.15, -0.1) is 0 Å². The van der Waals surface area contributed by atoms with Gasteiger partial charge in [0.2, 0.25) is 5.91 Å². The van der Waals surface area contributed by atoms with E-state index >= 15 is 0 Å². The van der Waals surface area contributed by atoms with Crippen molar-refractivity contribution in [3.63, 3.8) is 0 Å². The molecule has 5 heteroatoms. The Morgan fingerprint density at radius 2 is 1.96 bits per heavy atom. The molecule has 2 aromatic carbocycles. The van der Waals surface area contributed by atoms with Gasteiger partial charge in [0.25, 0.3) is 0 Å². The van der Waals surface area contributed by atoms with Crippen molar-refractivity contribution in [2.24, 2.45) is 0 Å². The molecule has 23 heavy (non-hydrogen) atoms. The molecule has 2 aromatic rings. The van der Waals surface area contributed by atoms with Crippen LogP contribution in [0.3, 0.4) is 0 Å². The van der Waals surface area contributed by atoms with E-state index in [-0.39, 0.29) is 18.3 Å². The minimum Gasteiger partial charge on any atom is -0.497 e. The van der Waals surface area contributed by atoms with Gasteiger partial charge in [-0.25, -0.2) is 4.39 Å². The lowest BCUT2D eigenvalue weighted by Crippen LogP contribution is -2.20. The van der Waals surface area contributed by atoms with E-state index in [0.717, 1.165) is 0 Å². The van der Waals surface area contributed by atoms with E-state index < -0.39 is 0 Å². The van der Waals surface area contributed by atoms with Crippen molar-refractivity contribution < 1.29 is 18.7 Å². The van der Waals surface area contributed by atoms with Crippen LogP contribution in [0.2, 0.25) is 0 Å². The number of rotatable bonds is 6. The maximum atomic E-state index is 13.5. The zero-order chi connectivity index (χ0) is 16.7. The van der Waals surface area contributed by atoms with E-state index in [1.54, 1.807) is 56.7 Å². The van der Waals surface area contributed by atoms with Crippen molar-refractivity contribution in [2.45, 2.75) is 6.54 Å². The summed E-state index contributed by atoms with van der Waals surface area (Å²) in [5.41, 5.74) is 1.15. The normalized spacial score (nSPS) is 10.6. The number of amides is 1. The lowest BCUT2D eigenvalue weighted by molar-refractivity contribution is -0.116. The van der Waals surface area contributed by atoms with Gasteiger partial charge >= 0.3 is 0 Å². The molecule has 0 bridgehead atoms. The molecule has 0 heterocycles. The van der Waals surface area contributed by atoms with Gasteiger partial charge in [-0.05, 0) is 30.3 Å². The molecule has 0 atom stereocenters. The van der Waals surface area contributed by atoms with E-state index in [2.05, 4.69) is 5.32 Å². The van der Waals surface area contributed by atoms with Crippen LogP contribution < -0.4 is 14.8 Å². The zero-order valence-corrected chi connectivity index (χ0v) is 13.0. The van der Waals surface area contributed by atoms with Gasteiger partial charge in [0.15, 0.2) is 0 Å². The van der Waals surface area contributed by atoms with Crippen LogP contribution >= 0.6 is 0 Å². The Balaban J connectivity index is 2.02. The van der Waals surface area contributed by atoms with Crippen molar-refractivity contribution in [3.8, 4) is 11.5 Å². The number of carbonyl (C=O) groups excluding carboxylic acids is 1. The van der Waals surface area contributed by atoms with E-state index in [9.17, 15) is 9.18 Å². The lowest BCUT2D eigenvalue weighted by atomic mass is 10.1. The molecule has 0 aromatic heterocycles. The third kappa shape index (κ3) is 4.57. The molecule has 0 saturated heterocycles. The van der Waals surface area contributed by atoms with Crippen molar-refractivity contribution in [3.05, 3.63) is 65.5 Å². The molecule has 4 nitrogen and oxygen atoms in total. The number of halogens is 1. The van der Waals surface area contributed by atoms with Crippen molar-refractivity contribution in [1.29, 1.82) is 0 Å². The van der Waals surface area contributed by atoms with Crippen molar-refractivity contribution in [1.82, 2.24) is 5.32 Å². The summed E-state index contributed by atoms with van der Waals surface area (Å²) in [7, 11) is 3.12. The average Bonchev–Trinajstić information content (AvgIpc) is 2.58. The predicted molar refractivity (Wildman–Crippen MR) is 86.8 cm³/mol. The van der Waals surface area contributed by atoms with Crippen molar-refractivity contribution >= 4 is 12.0 Å². The smallest absolute Gasteiger partial charge is 0.244 e. The number of nitrogens with one attached hydrogen (secondary N) is 1. The number of methoxy groups -OCH3 is 2. The first-order valence-corrected chi connectivity index (χ1v) is 7.05. The Kier molecular flexibility index (Phi) is 5.74. The highest BCUT2D eigenvalue weighted by molar-refractivity contribution is 5.92. The average molecular weight is 315 g/mol. The van der Waals surface area contributed by atoms with Gasteiger partial charge < -0.3 is 14.8 Å². The number of ether oxygens (including phenoxy) is 2. The van der Waals surface area contributed by atoms with Crippen LogP contribution in [0.15, 0.2) is 48.5 Å². The maximum absolute atomic E-state index is 13.5. The monoisotopic (exact) mass is 315 g/mol. The van der Waals surface area contributed by atoms with Crippen LogP contribution in [-0.2, 0) is 11.3 Å². The fourth-order valence-corrected chi connectivity index (χ4v) is 2.02. The molecule has 0 saturated carbocycles. The van der Waals surface area contributed by atoms with Crippen LogP contribution in [-0.4, -0.2) is 20.1 Å². The third-order valence-corrected chi connectivity index (χ3v) is 3.26. The number of benzene rings is 2. The topological polar surface area (TPSA) is 47.6 Å². The summed E-state index contributed by atoms with van der Waals surface area (Å²) in [5.74, 6) is 0.630. The standard InChI is InChI=1S/C18H18FNO3/c1-22-15-8-9-17(23-2)13(11-15)7-10-18(21)20-12-14-5-3-4-6-16(14)19/h3-11H,12H2,1-2H3,(H,20,21)/b10-7+. The molecule has 0 aliphatic rings. The minimum atomic E-state index is -0.341. The summed E-state index contributed by atoms with van der Waals surface area (Å²) in [5, 5.41) is 2.64. The van der Waals surface area contributed by atoms with Gasteiger partial charge in [0, 0.05) is 23.7 Å². The maximum Gasteiger partial charge on any atom is 0.244 e. The molecule has 0 radical (unpaired) electrons. The van der Waals surface area contributed by atoms with Crippen LogP contribution in [0, 0.1) is 5.82 Å². The fourth-order valence-electron chi connectivity index (χ4n) is 2.02. The third-order valence-electron chi connectivity index (χ3n) is 3.26. The molecule has 1 N–H and O–H groups in total. The zero-order valence-electron chi connectivity index (χ0n) is 13.0. The molecule has 0 aliphatic heterocycles. The molecular formula is C18H18FNO3. The van der Waals surface area contributed by atoms with E-state index in [4.69, 9.17) is 9.47 Å². The Morgan fingerprint density at radius 3 is 2.65 bits per heavy atom. The number of carbonyl (C=O) groups is 1. The highest BCUT2D eigenvalue weighted by Gasteiger charge is 2.04. The first kappa shape index (κ1) is 16.5. The van der Waals surface area contributed by atoms with Gasteiger partial charge in [-0.1, -0.05) is 18.2 Å². The summed E-state index contributed by atoms with van der Waals surface area (Å²) in [6.45, 7) is 0.130. The molecule has 0 fully saturated rings. The summed E-state index contributed by atoms with van der Waals surface area (Å²) < 4.78 is 23.9. The van der Waals surface area contributed by atoms with Gasteiger partial charge in [0.1, 0.15) is 17.3 Å². The fraction of sp³-hybridized carbons (Fsp3) is 0.167.